The molecule has 126 valence electrons. The lowest BCUT2D eigenvalue weighted by molar-refractivity contribution is -0.126. The van der Waals surface area contributed by atoms with E-state index in [9.17, 15) is 9.59 Å². The van der Waals surface area contributed by atoms with E-state index in [1.54, 1.807) is 27.9 Å². The van der Waals surface area contributed by atoms with Crippen LogP contribution in [0.2, 0.25) is 5.02 Å². The molecule has 0 radical (unpaired) electrons. The van der Waals surface area contributed by atoms with Gasteiger partial charge in [0.1, 0.15) is 6.04 Å². The van der Waals surface area contributed by atoms with Gasteiger partial charge in [-0.1, -0.05) is 17.7 Å². The fourth-order valence-corrected chi connectivity index (χ4v) is 2.97. The van der Waals surface area contributed by atoms with Gasteiger partial charge in [-0.25, -0.2) is 0 Å². The normalized spacial score (nSPS) is 17.3. The van der Waals surface area contributed by atoms with E-state index in [0.717, 1.165) is 11.3 Å². The zero-order valence-electron chi connectivity index (χ0n) is 13.4. The number of rotatable bonds is 5. The minimum atomic E-state index is -0.476. The summed E-state index contributed by atoms with van der Waals surface area (Å²) >= 11 is 5.98. The molecule has 1 aliphatic heterocycles. The molecule has 0 saturated carbocycles. The van der Waals surface area contributed by atoms with Crippen molar-refractivity contribution in [1.29, 1.82) is 0 Å². The highest BCUT2D eigenvalue weighted by Gasteiger charge is 2.33. The van der Waals surface area contributed by atoms with Gasteiger partial charge in [0.15, 0.2) is 0 Å². The summed E-state index contributed by atoms with van der Waals surface area (Å²) in [6.45, 7) is 3.02. The van der Waals surface area contributed by atoms with Crippen LogP contribution in [0.15, 0.2) is 36.7 Å². The van der Waals surface area contributed by atoms with Crippen LogP contribution in [-0.2, 0) is 16.1 Å². The first-order valence-corrected chi connectivity index (χ1v) is 8.26. The molecule has 1 N–H and O–H groups in total. The fourth-order valence-electron chi connectivity index (χ4n) is 2.79. The Labute approximate surface area is 145 Å². The molecule has 7 heteroatoms. The third kappa shape index (κ3) is 3.76. The Morgan fingerprint density at radius 2 is 2.29 bits per heavy atom. The first-order chi connectivity index (χ1) is 11.5. The maximum atomic E-state index is 12.5. The van der Waals surface area contributed by atoms with Crippen LogP contribution < -0.4 is 10.2 Å². The monoisotopic (exact) mass is 346 g/mol. The van der Waals surface area contributed by atoms with Crippen molar-refractivity contribution in [2.45, 2.75) is 32.4 Å². The molecule has 0 bridgehead atoms. The number of aryl methyl sites for hydroxylation is 2. The molecule has 2 heterocycles. The van der Waals surface area contributed by atoms with E-state index in [-0.39, 0.29) is 11.8 Å². The third-order valence-electron chi connectivity index (χ3n) is 3.99. The number of benzene rings is 1. The molecule has 0 unspecified atom stereocenters. The minimum absolute atomic E-state index is 0.0967. The number of hydrogen-bond acceptors (Lipinski definition) is 3. The van der Waals surface area contributed by atoms with Crippen molar-refractivity contribution in [2.24, 2.45) is 0 Å². The molecule has 1 aliphatic rings. The maximum Gasteiger partial charge on any atom is 0.249 e. The van der Waals surface area contributed by atoms with Crippen molar-refractivity contribution >= 4 is 29.1 Å². The highest BCUT2D eigenvalue weighted by Crippen LogP contribution is 2.24. The number of nitrogens with one attached hydrogen (secondary N) is 1. The lowest BCUT2D eigenvalue weighted by Gasteiger charge is -2.17. The second kappa shape index (κ2) is 7.05. The highest BCUT2D eigenvalue weighted by atomic mass is 35.5. The number of carbonyl (C=O) groups excluding carboxylic acids is 2. The Morgan fingerprint density at radius 1 is 1.46 bits per heavy atom. The molecule has 1 aromatic heterocycles. The highest BCUT2D eigenvalue weighted by molar-refractivity contribution is 6.31. The molecule has 0 spiro atoms. The number of anilines is 1. The number of nitrogens with zero attached hydrogens (tertiary/aromatic N) is 3. The summed E-state index contributed by atoms with van der Waals surface area (Å²) < 4.78 is 1.73. The van der Waals surface area contributed by atoms with Crippen LogP contribution in [0.1, 0.15) is 18.4 Å². The average molecular weight is 347 g/mol. The van der Waals surface area contributed by atoms with Gasteiger partial charge in [0, 0.05) is 36.4 Å². The van der Waals surface area contributed by atoms with Gasteiger partial charge in [0.05, 0.1) is 6.20 Å². The lowest BCUT2D eigenvalue weighted by Crippen LogP contribution is -2.41. The summed E-state index contributed by atoms with van der Waals surface area (Å²) in [6, 6.07) is 6.69. The van der Waals surface area contributed by atoms with Crippen LogP contribution >= 0.6 is 11.6 Å². The van der Waals surface area contributed by atoms with Crippen LogP contribution in [0.5, 0.6) is 0 Å². The molecule has 6 nitrogen and oxygen atoms in total. The zero-order valence-corrected chi connectivity index (χ0v) is 14.2. The van der Waals surface area contributed by atoms with Crippen LogP contribution in [0.3, 0.4) is 0 Å². The van der Waals surface area contributed by atoms with Gasteiger partial charge < -0.3 is 10.2 Å². The van der Waals surface area contributed by atoms with E-state index in [2.05, 4.69) is 10.4 Å². The van der Waals surface area contributed by atoms with E-state index in [0.29, 0.717) is 31.0 Å². The van der Waals surface area contributed by atoms with Crippen molar-refractivity contribution in [3.8, 4) is 0 Å². The van der Waals surface area contributed by atoms with Crippen molar-refractivity contribution in [3.63, 3.8) is 0 Å². The molecule has 1 saturated heterocycles. The standard InChI is InChI=1S/C17H19ClN4O2/c1-12-10-19-21(11-12)7-6-16(23)20-15-5-8-22(17(15)24)14-4-2-3-13(18)9-14/h2-4,9-11,15H,5-8H2,1H3,(H,20,23)/t15-/m1/s1. The number of aromatic nitrogens is 2. The quantitative estimate of drug-likeness (QED) is 0.902. The Hall–Kier alpha value is -2.34. The summed E-state index contributed by atoms with van der Waals surface area (Å²) in [5.41, 5.74) is 1.81. The molecule has 1 aromatic carbocycles. The topological polar surface area (TPSA) is 67.2 Å². The molecule has 0 aliphatic carbocycles. The summed E-state index contributed by atoms with van der Waals surface area (Å²) in [7, 11) is 0. The SMILES string of the molecule is Cc1cnn(CCC(=O)N[C@@H]2CCN(c3cccc(Cl)c3)C2=O)c1. The van der Waals surface area contributed by atoms with Crippen LogP contribution in [0.25, 0.3) is 0 Å². The van der Waals surface area contributed by atoms with E-state index < -0.39 is 6.04 Å². The second-order valence-electron chi connectivity index (χ2n) is 5.91. The molecule has 2 aromatic rings. The Bertz CT molecular complexity index is 759. The van der Waals surface area contributed by atoms with Gasteiger partial charge in [-0.3, -0.25) is 14.3 Å². The van der Waals surface area contributed by atoms with Crippen LogP contribution in [-0.4, -0.2) is 34.2 Å². The number of halogens is 1. The van der Waals surface area contributed by atoms with Crippen LogP contribution in [0.4, 0.5) is 5.69 Å². The van der Waals surface area contributed by atoms with Gasteiger partial charge >= 0.3 is 0 Å². The maximum absolute atomic E-state index is 12.5. The number of carbonyl (C=O) groups is 2. The molecule has 3 rings (SSSR count). The first kappa shape index (κ1) is 16.5. The van der Waals surface area contributed by atoms with E-state index >= 15 is 0 Å². The molecular weight excluding hydrogens is 328 g/mol. The van der Waals surface area contributed by atoms with Gasteiger partial charge in [0.25, 0.3) is 0 Å². The van der Waals surface area contributed by atoms with Crippen LogP contribution in [0, 0.1) is 6.92 Å². The molecule has 24 heavy (non-hydrogen) atoms. The van der Waals surface area contributed by atoms with Gasteiger partial charge in [0.2, 0.25) is 11.8 Å². The molecule has 1 fully saturated rings. The van der Waals surface area contributed by atoms with E-state index in [1.807, 2.05) is 25.3 Å². The Balaban J connectivity index is 1.54. The largest absolute Gasteiger partial charge is 0.344 e. The number of amides is 2. The second-order valence-corrected chi connectivity index (χ2v) is 6.35. The fraction of sp³-hybridized carbons (Fsp3) is 0.353. The molecule has 2 amide bonds. The van der Waals surface area contributed by atoms with E-state index in [4.69, 9.17) is 11.6 Å². The lowest BCUT2D eigenvalue weighted by atomic mass is 10.2. The Morgan fingerprint density at radius 3 is 3.00 bits per heavy atom. The third-order valence-corrected chi connectivity index (χ3v) is 4.23. The predicted octanol–water partition coefficient (Wildman–Crippen LogP) is 2.16. The van der Waals surface area contributed by atoms with Crippen molar-refractivity contribution in [3.05, 3.63) is 47.2 Å². The summed E-state index contributed by atoms with van der Waals surface area (Å²) in [5, 5.41) is 7.54. The summed E-state index contributed by atoms with van der Waals surface area (Å²) in [5.74, 6) is -0.241. The van der Waals surface area contributed by atoms with Crippen molar-refractivity contribution in [1.82, 2.24) is 15.1 Å². The van der Waals surface area contributed by atoms with Crippen molar-refractivity contribution in [2.75, 3.05) is 11.4 Å². The van der Waals surface area contributed by atoms with E-state index in [1.165, 1.54) is 0 Å². The zero-order chi connectivity index (χ0) is 17.1. The average Bonchev–Trinajstić information content (AvgIpc) is 3.12. The number of hydrogen-bond donors (Lipinski definition) is 1. The predicted molar refractivity (Wildman–Crippen MR) is 91.9 cm³/mol. The Kier molecular flexibility index (Phi) is 4.85. The molecule has 1 atom stereocenters. The smallest absolute Gasteiger partial charge is 0.249 e. The van der Waals surface area contributed by atoms with Crippen molar-refractivity contribution < 1.29 is 9.59 Å². The summed E-state index contributed by atoms with van der Waals surface area (Å²) in [4.78, 5) is 26.2. The van der Waals surface area contributed by atoms with Gasteiger partial charge in [-0.15, -0.1) is 0 Å². The summed E-state index contributed by atoms with van der Waals surface area (Å²) in [6.07, 6.45) is 4.52. The molecular formula is C17H19ClN4O2. The van der Waals surface area contributed by atoms with Gasteiger partial charge in [-0.2, -0.15) is 5.10 Å². The first-order valence-electron chi connectivity index (χ1n) is 7.88. The minimum Gasteiger partial charge on any atom is -0.344 e. The van der Waals surface area contributed by atoms with Gasteiger partial charge in [-0.05, 0) is 37.1 Å².